The van der Waals surface area contributed by atoms with Crippen LogP contribution >= 0.6 is 0 Å². The summed E-state index contributed by atoms with van der Waals surface area (Å²) in [4.78, 5) is 38.5. The van der Waals surface area contributed by atoms with Gasteiger partial charge in [0.15, 0.2) is 17.2 Å². The molecule has 9 nitrogen and oxygen atoms in total. The van der Waals surface area contributed by atoms with E-state index < -0.39 is 69.3 Å². The van der Waals surface area contributed by atoms with Crippen LogP contribution in [0.25, 0.3) is 0 Å². The number of rotatable bonds is 1. The lowest BCUT2D eigenvalue weighted by molar-refractivity contribution is -0.267. The molecule has 9 heteroatoms. The number of amides is 1. The predicted octanol–water partition coefficient (Wildman–Crippen LogP) is -0.644. The van der Waals surface area contributed by atoms with Gasteiger partial charge in [-0.25, -0.2) is 0 Å². The van der Waals surface area contributed by atoms with Crippen molar-refractivity contribution in [1.29, 1.82) is 0 Å². The quantitative estimate of drug-likeness (QED) is 0.316. The second-order valence-corrected chi connectivity index (χ2v) is 10.00. The number of carbonyl (C=O) groups excluding carboxylic acids is 3. The Morgan fingerprint density at radius 3 is 2.32 bits per heavy atom. The number of hydrogen-bond acceptors (Lipinski definition) is 8. The summed E-state index contributed by atoms with van der Waals surface area (Å²) in [6, 6.07) is 4.27. The number of fused-ring (bicyclic) bond motifs is 3. The first-order valence-corrected chi connectivity index (χ1v) is 10.2. The van der Waals surface area contributed by atoms with Crippen molar-refractivity contribution in [2.45, 2.75) is 57.0 Å². The first-order chi connectivity index (χ1) is 14.1. The molecule has 2 saturated carbocycles. The zero-order valence-electron chi connectivity index (χ0n) is 17.5. The first kappa shape index (κ1) is 21.9. The number of Topliss-reactive ketones (excluding diaryl/α,β-unsaturated/α-hetero) is 2. The van der Waals surface area contributed by atoms with Crippen LogP contribution in [-0.4, -0.2) is 60.8 Å². The summed E-state index contributed by atoms with van der Waals surface area (Å²) in [5, 5.41) is 55.4. The highest BCUT2D eigenvalue weighted by Gasteiger charge is 2.76. The zero-order valence-corrected chi connectivity index (χ0v) is 17.5. The van der Waals surface area contributed by atoms with Crippen molar-refractivity contribution in [2.24, 2.45) is 28.4 Å². The number of carbonyl (C=O) groups is 3. The van der Waals surface area contributed by atoms with Crippen LogP contribution in [0.3, 0.4) is 0 Å². The molecule has 0 saturated heterocycles. The molecule has 0 aromatic heterocycles. The van der Waals surface area contributed by atoms with Crippen molar-refractivity contribution in [3.05, 3.63) is 29.3 Å². The number of aliphatic hydroxyl groups excluding tert-OH is 2. The van der Waals surface area contributed by atoms with E-state index in [2.05, 4.69) is 0 Å². The lowest BCUT2D eigenvalue weighted by atomic mass is 9.40. The van der Waals surface area contributed by atoms with Crippen LogP contribution in [0.1, 0.15) is 49.5 Å². The Kier molecular flexibility index (Phi) is 4.33. The van der Waals surface area contributed by atoms with Gasteiger partial charge in [-0.1, -0.05) is 26.0 Å². The average molecular weight is 433 g/mol. The first-order valence-electron chi connectivity index (χ1n) is 10.2. The molecule has 3 unspecified atom stereocenters. The number of phenolic OH excluding ortho intramolecular Hbond substituents is 1. The summed E-state index contributed by atoms with van der Waals surface area (Å²) in [7, 11) is 0. The molecule has 0 bridgehead atoms. The minimum atomic E-state index is -2.57. The number of ketones is 2. The van der Waals surface area contributed by atoms with Crippen molar-refractivity contribution in [3.63, 3.8) is 0 Å². The fourth-order valence-corrected chi connectivity index (χ4v) is 6.56. The zero-order chi connectivity index (χ0) is 23.3. The smallest absolute Gasteiger partial charge is 0.230 e. The van der Waals surface area contributed by atoms with E-state index in [0.717, 1.165) is 0 Å². The molecular weight excluding hydrogens is 406 g/mol. The summed E-state index contributed by atoms with van der Waals surface area (Å²) in [6.07, 6.45) is -3.87. The summed E-state index contributed by atoms with van der Waals surface area (Å²) in [5.41, 5.74) is -1.88. The number of nitrogens with two attached hydrogens (primary N) is 1. The van der Waals surface area contributed by atoms with Crippen LogP contribution in [0.15, 0.2) is 18.2 Å². The molecule has 0 aliphatic heterocycles. The maximum Gasteiger partial charge on any atom is 0.230 e. The van der Waals surface area contributed by atoms with E-state index >= 15 is 0 Å². The van der Waals surface area contributed by atoms with Gasteiger partial charge in [0.25, 0.3) is 0 Å². The van der Waals surface area contributed by atoms with E-state index in [1.165, 1.54) is 32.0 Å². The number of primary amides is 1. The van der Waals surface area contributed by atoms with Gasteiger partial charge in [-0.3, -0.25) is 14.4 Å². The van der Waals surface area contributed by atoms with E-state index in [1.54, 1.807) is 6.92 Å². The van der Waals surface area contributed by atoms with Crippen LogP contribution < -0.4 is 5.73 Å². The minimum Gasteiger partial charge on any atom is -0.507 e. The Labute approximate surface area is 178 Å². The van der Waals surface area contributed by atoms with Gasteiger partial charge in [-0.15, -0.1) is 0 Å². The van der Waals surface area contributed by atoms with Crippen LogP contribution in [0.4, 0.5) is 0 Å². The molecule has 0 spiro atoms. The second-order valence-electron chi connectivity index (χ2n) is 10.00. The lowest BCUT2D eigenvalue weighted by Gasteiger charge is -2.66. The number of aromatic hydroxyl groups is 1. The van der Waals surface area contributed by atoms with Gasteiger partial charge in [0.1, 0.15) is 17.8 Å². The standard InChI is InChI=1S/C22H27NO8/c1-19-7-11(25)13(18(23)29)16(27)22(19,31)17(28)14-15(26)12-9(5-4-6-10(12)24)21(3,30)20(14,2)8-19/h4-6,11,13-14,17,24-25,28,30-31H,7-8H2,1-3H3,(H2,23,29)/t11?,13-,14-,17?,19+,20-,21?,22+/m1/s1. The van der Waals surface area contributed by atoms with Gasteiger partial charge in [-0.2, -0.15) is 0 Å². The monoisotopic (exact) mass is 433 g/mol. The number of hydrogen-bond donors (Lipinski definition) is 6. The Bertz CT molecular complexity index is 1020. The molecule has 8 atom stereocenters. The molecule has 2 fully saturated rings. The summed E-state index contributed by atoms with van der Waals surface area (Å²) in [5.74, 6) is -6.60. The number of benzene rings is 1. The molecule has 0 radical (unpaired) electrons. The van der Waals surface area contributed by atoms with Gasteiger partial charge in [0.2, 0.25) is 5.91 Å². The van der Waals surface area contributed by atoms with Crippen molar-refractivity contribution in [2.75, 3.05) is 0 Å². The third kappa shape index (κ3) is 2.32. The van der Waals surface area contributed by atoms with Crippen LogP contribution in [-0.2, 0) is 15.2 Å². The van der Waals surface area contributed by atoms with Gasteiger partial charge in [-0.05, 0) is 31.4 Å². The van der Waals surface area contributed by atoms with Crippen molar-refractivity contribution in [1.82, 2.24) is 0 Å². The maximum atomic E-state index is 13.5. The third-order valence-corrected chi connectivity index (χ3v) is 8.32. The van der Waals surface area contributed by atoms with E-state index in [-0.39, 0.29) is 24.0 Å². The molecule has 3 aliphatic carbocycles. The highest BCUT2D eigenvalue weighted by atomic mass is 16.4. The van der Waals surface area contributed by atoms with Crippen molar-refractivity contribution in [3.8, 4) is 5.75 Å². The van der Waals surface area contributed by atoms with Crippen molar-refractivity contribution >= 4 is 17.5 Å². The molecular formula is C22H27NO8. The average Bonchev–Trinajstić information content (AvgIpc) is 2.63. The molecule has 168 valence electrons. The molecule has 0 heterocycles. The largest absolute Gasteiger partial charge is 0.507 e. The van der Waals surface area contributed by atoms with Crippen LogP contribution in [0.5, 0.6) is 5.75 Å². The minimum absolute atomic E-state index is 0.125. The van der Waals surface area contributed by atoms with Gasteiger partial charge >= 0.3 is 0 Å². The molecule has 1 aromatic rings. The van der Waals surface area contributed by atoms with Crippen molar-refractivity contribution < 1.29 is 39.9 Å². The Morgan fingerprint density at radius 2 is 1.74 bits per heavy atom. The summed E-state index contributed by atoms with van der Waals surface area (Å²) < 4.78 is 0. The Morgan fingerprint density at radius 1 is 1.13 bits per heavy atom. The lowest BCUT2D eigenvalue weighted by Crippen LogP contribution is -2.78. The predicted molar refractivity (Wildman–Crippen MR) is 106 cm³/mol. The Hall–Kier alpha value is -2.33. The fraction of sp³-hybridized carbons (Fsp3) is 0.591. The SMILES string of the molecule is CC1(O)c2cccc(O)c2C(=O)[C@@H]2C(O)[C@@]3(O)C(=O)[C@H](C(N)=O)C(O)C[C@@]3(C)C[C@]21C. The van der Waals surface area contributed by atoms with E-state index in [9.17, 15) is 39.9 Å². The fourth-order valence-electron chi connectivity index (χ4n) is 6.56. The van der Waals surface area contributed by atoms with Gasteiger partial charge < -0.3 is 31.3 Å². The maximum absolute atomic E-state index is 13.5. The molecule has 7 N–H and O–H groups in total. The van der Waals surface area contributed by atoms with Gasteiger partial charge in [0, 0.05) is 10.8 Å². The third-order valence-electron chi connectivity index (χ3n) is 8.32. The molecule has 3 aliphatic rings. The second kappa shape index (κ2) is 6.13. The van der Waals surface area contributed by atoms with E-state index in [1.807, 2.05) is 0 Å². The molecule has 1 aromatic carbocycles. The highest BCUT2D eigenvalue weighted by molar-refractivity contribution is 6.09. The summed E-state index contributed by atoms with van der Waals surface area (Å²) in [6.45, 7) is 4.51. The highest BCUT2D eigenvalue weighted by Crippen LogP contribution is 2.67. The number of aliphatic hydroxyl groups is 4. The molecule has 1 amide bonds. The van der Waals surface area contributed by atoms with Crippen LogP contribution in [0.2, 0.25) is 0 Å². The van der Waals surface area contributed by atoms with Crippen LogP contribution in [0, 0.1) is 22.7 Å². The normalized spacial score (nSPS) is 46.7. The topological polar surface area (TPSA) is 178 Å². The van der Waals surface area contributed by atoms with Gasteiger partial charge in [0.05, 0.1) is 23.2 Å². The number of phenols is 1. The van der Waals surface area contributed by atoms with E-state index in [4.69, 9.17) is 5.73 Å². The molecule has 31 heavy (non-hydrogen) atoms. The summed E-state index contributed by atoms with van der Waals surface area (Å²) >= 11 is 0. The molecule has 4 rings (SSSR count). The van der Waals surface area contributed by atoms with E-state index in [0.29, 0.717) is 0 Å². The Balaban J connectivity index is 1.98.